The van der Waals surface area contributed by atoms with Gasteiger partial charge in [0.2, 0.25) is 0 Å². The third-order valence-electron chi connectivity index (χ3n) is 3.49. The molecule has 0 aliphatic heterocycles. The van der Waals surface area contributed by atoms with Crippen molar-refractivity contribution in [1.29, 1.82) is 0 Å². The third kappa shape index (κ3) is 5.26. The number of halogens is 3. The number of hydrogen-bond donors (Lipinski definition) is 1. The van der Waals surface area contributed by atoms with E-state index >= 15 is 0 Å². The maximum absolute atomic E-state index is 13.5. The van der Waals surface area contributed by atoms with Crippen molar-refractivity contribution in [3.8, 4) is 11.5 Å². The summed E-state index contributed by atoms with van der Waals surface area (Å²) in [5.41, 5.74) is -0.0382. The lowest BCUT2D eigenvalue weighted by molar-refractivity contribution is -0.142. The van der Waals surface area contributed by atoms with Crippen LogP contribution < -0.4 is 14.8 Å². The minimum absolute atomic E-state index is 0.483. The van der Waals surface area contributed by atoms with Crippen molar-refractivity contribution in [3.63, 3.8) is 0 Å². The maximum atomic E-state index is 13.5. The van der Waals surface area contributed by atoms with Crippen molar-refractivity contribution in [2.45, 2.75) is 0 Å². The number of anilines is 1. The summed E-state index contributed by atoms with van der Waals surface area (Å²) in [7, 11) is 2.94. The topological polar surface area (TPSA) is 73.9 Å². The van der Waals surface area contributed by atoms with Gasteiger partial charge >= 0.3 is 5.97 Å². The Bertz CT molecular complexity index is 915. The molecular formula is C19H16F3NO5. The molecule has 9 heteroatoms. The monoisotopic (exact) mass is 395 g/mol. The fourth-order valence-corrected chi connectivity index (χ4v) is 2.12. The van der Waals surface area contributed by atoms with Crippen molar-refractivity contribution in [3.05, 3.63) is 59.4 Å². The summed E-state index contributed by atoms with van der Waals surface area (Å²) >= 11 is 0. The van der Waals surface area contributed by atoms with Gasteiger partial charge in [0, 0.05) is 11.6 Å². The Morgan fingerprint density at radius 2 is 1.79 bits per heavy atom. The van der Waals surface area contributed by atoms with E-state index in [1.165, 1.54) is 20.3 Å². The number of nitrogens with one attached hydrogen (secondary N) is 1. The molecule has 0 fully saturated rings. The van der Waals surface area contributed by atoms with E-state index in [0.29, 0.717) is 23.1 Å². The molecule has 0 atom stereocenters. The first-order chi connectivity index (χ1) is 13.3. The fraction of sp³-hybridized carbons (Fsp3) is 0.158. The number of carbonyl (C=O) groups excluding carboxylic acids is 2. The van der Waals surface area contributed by atoms with Gasteiger partial charge in [-0.25, -0.2) is 18.0 Å². The Kier molecular flexibility index (Phi) is 7.02. The fourth-order valence-electron chi connectivity index (χ4n) is 2.12. The predicted molar refractivity (Wildman–Crippen MR) is 94.5 cm³/mol. The first-order valence-electron chi connectivity index (χ1n) is 7.86. The highest BCUT2D eigenvalue weighted by molar-refractivity contribution is 5.94. The van der Waals surface area contributed by atoms with Gasteiger partial charge in [0.05, 0.1) is 19.9 Å². The summed E-state index contributed by atoms with van der Waals surface area (Å²) in [6.45, 7) is -0.753. The number of amides is 1. The van der Waals surface area contributed by atoms with E-state index in [-0.39, 0.29) is 0 Å². The van der Waals surface area contributed by atoms with Crippen LogP contribution in [0.2, 0.25) is 0 Å². The molecule has 6 nitrogen and oxygen atoms in total. The molecule has 2 aromatic carbocycles. The van der Waals surface area contributed by atoms with E-state index < -0.39 is 41.6 Å². The molecule has 0 radical (unpaired) electrons. The van der Waals surface area contributed by atoms with Gasteiger partial charge in [-0.05, 0) is 36.4 Å². The minimum Gasteiger partial charge on any atom is -0.497 e. The van der Waals surface area contributed by atoms with Crippen LogP contribution in [0.4, 0.5) is 18.9 Å². The van der Waals surface area contributed by atoms with E-state index in [1.807, 2.05) is 5.32 Å². The Hall–Kier alpha value is -3.49. The second-order valence-corrected chi connectivity index (χ2v) is 5.32. The van der Waals surface area contributed by atoms with E-state index in [0.717, 1.165) is 12.1 Å². The van der Waals surface area contributed by atoms with Crippen LogP contribution >= 0.6 is 0 Å². The smallest absolute Gasteiger partial charge is 0.331 e. The predicted octanol–water partition coefficient (Wildman–Crippen LogP) is 3.32. The van der Waals surface area contributed by atoms with Gasteiger partial charge in [-0.2, -0.15) is 0 Å². The molecule has 0 bridgehead atoms. The van der Waals surface area contributed by atoms with Gasteiger partial charge in [0.25, 0.3) is 5.91 Å². The van der Waals surface area contributed by atoms with Gasteiger partial charge in [-0.1, -0.05) is 0 Å². The standard InChI is InChI=1S/C19H16F3NO5/c1-26-12-4-7-15(27-2)11(9-12)3-8-17(25)28-10-16(24)23-14-6-5-13(20)18(21)19(14)22/h3-9H,10H2,1-2H3,(H,23,24)/b8-3+. The van der Waals surface area contributed by atoms with Crippen molar-refractivity contribution in [1.82, 2.24) is 0 Å². The first-order valence-corrected chi connectivity index (χ1v) is 7.86. The molecule has 0 aliphatic rings. The maximum Gasteiger partial charge on any atom is 0.331 e. The summed E-state index contributed by atoms with van der Waals surface area (Å²) in [5, 5.41) is 1.98. The molecule has 0 aromatic heterocycles. The van der Waals surface area contributed by atoms with Crippen molar-refractivity contribution < 1.29 is 37.0 Å². The highest BCUT2D eigenvalue weighted by Crippen LogP contribution is 2.25. The summed E-state index contributed by atoms with van der Waals surface area (Å²) in [6.07, 6.45) is 2.46. The molecule has 0 aliphatic carbocycles. The van der Waals surface area contributed by atoms with E-state index in [4.69, 9.17) is 14.2 Å². The Balaban J connectivity index is 1.94. The molecule has 0 heterocycles. The number of ether oxygens (including phenoxy) is 3. The zero-order valence-electron chi connectivity index (χ0n) is 14.9. The highest BCUT2D eigenvalue weighted by Gasteiger charge is 2.15. The van der Waals surface area contributed by atoms with Gasteiger partial charge in [0.15, 0.2) is 24.1 Å². The molecule has 2 aromatic rings. The number of carbonyl (C=O) groups is 2. The molecule has 0 spiro atoms. The Morgan fingerprint density at radius 1 is 1.04 bits per heavy atom. The molecule has 0 unspecified atom stereocenters. The molecule has 0 saturated heterocycles. The number of benzene rings is 2. The zero-order valence-corrected chi connectivity index (χ0v) is 14.9. The average molecular weight is 395 g/mol. The normalized spacial score (nSPS) is 10.6. The average Bonchev–Trinajstić information content (AvgIpc) is 2.70. The van der Waals surface area contributed by atoms with Crippen LogP contribution in [0.15, 0.2) is 36.4 Å². The molecule has 1 amide bonds. The van der Waals surface area contributed by atoms with Crippen LogP contribution in [0.3, 0.4) is 0 Å². The third-order valence-corrected chi connectivity index (χ3v) is 3.49. The summed E-state index contributed by atoms with van der Waals surface area (Å²) in [4.78, 5) is 23.4. The van der Waals surface area contributed by atoms with Crippen LogP contribution in [-0.4, -0.2) is 32.7 Å². The number of methoxy groups -OCH3 is 2. The van der Waals surface area contributed by atoms with Crippen LogP contribution in [-0.2, 0) is 14.3 Å². The lowest BCUT2D eigenvalue weighted by Crippen LogP contribution is -2.21. The van der Waals surface area contributed by atoms with Crippen LogP contribution in [0.25, 0.3) is 6.08 Å². The molecular weight excluding hydrogens is 379 g/mol. The zero-order chi connectivity index (χ0) is 20.7. The molecule has 0 saturated carbocycles. The Morgan fingerprint density at radius 3 is 2.46 bits per heavy atom. The van der Waals surface area contributed by atoms with Gasteiger partial charge in [-0.15, -0.1) is 0 Å². The van der Waals surface area contributed by atoms with Gasteiger partial charge < -0.3 is 19.5 Å². The van der Waals surface area contributed by atoms with Crippen molar-refractivity contribution in [2.75, 3.05) is 26.1 Å². The van der Waals surface area contributed by atoms with Crippen LogP contribution in [0, 0.1) is 17.5 Å². The molecule has 1 N–H and O–H groups in total. The lowest BCUT2D eigenvalue weighted by Gasteiger charge is -2.08. The molecule has 2 rings (SSSR count). The van der Waals surface area contributed by atoms with E-state index in [9.17, 15) is 22.8 Å². The molecule has 148 valence electrons. The summed E-state index contributed by atoms with van der Waals surface area (Å²) in [6, 6.07) is 6.46. The van der Waals surface area contributed by atoms with Gasteiger partial charge in [0.1, 0.15) is 11.5 Å². The quantitative estimate of drug-likeness (QED) is 0.442. The van der Waals surface area contributed by atoms with Crippen molar-refractivity contribution in [2.24, 2.45) is 0 Å². The molecule has 28 heavy (non-hydrogen) atoms. The summed E-state index contributed by atoms with van der Waals surface area (Å²) in [5.74, 6) is -5.41. The highest BCUT2D eigenvalue weighted by atomic mass is 19.2. The first kappa shape index (κ1) is 20.8. The SMILES string of the molecule is COc1ccc(OC)c(/C=C/C(=O)OCC(=O)Nc2ccc(F)c(F)c2F)c1. The Labute approximate surface area is 158 Å². The van der Waals surface area contributed by atoms with E-state index in [1.54, 1.807) is 18.2 Å². The number of hydrogen-bond acceptors (Lipinski definition) is 5. The van der Waals surface area contributed by atoms with Crippen molar-refractivity contribution >= 4 is 23.6 Å². The second kappa shape index (κ2) is 9.45. The largest absolute Gasteiger partial charge is 0.497 e. The minimum atomic E-state index is -1.72. The number of esters is 1. The lowest BCUT2D eigenvalue weighted by atomic mass is 10.1. The number of rotatable bonds is 7. The van der Waals surface area contributed by atoms with Gasteiger partial charge in [-0.3, -0.25) is 4.79 Å². The van der Waals surface area contributed by atoms with Crippen LogP contribution in [0.5, 0.6) is 11.5 Å². The van der Waals surface area contributed by atoms with E-state index in [2.05, 4.69) is 0 Å². The van der Waals surface area contributed by atoms with Crippen LogP contribution in [0.1, 0.15) is 5.56 Å². The second-order valence-electron chi connectivity index (χ2n) is 5.32. The summed E-state index contributed by atoms with van der Waals surface area (Å²) < 4.78 is 54.4.